The Labute approximate surface area is 108 Å². The van der Waals surface area contributed by atoms with Crippen LogP contribution in [-0.2, 0) is 17.6 Å². The number of carbonyl (C=O) groups is 1. The van der Waals surface area contributed by atoms with Gasteiger partial charge in [0.15, 0.2) is 0 Å². The maximum absolute atomic E-state index is 10.6. The van der Waals surface area contributed by atoms with E-state index in [2.05, 4.69) is 0 Å². The highest BCUT2D eigenvalue weighted by Gasteiger charge is 2.06. The molecule has 98 valence electrons. The van der Waals surface area contributed by atoms with Crippen LogP contribution in [0.15, 0.2) is 35.4 Å². The Bertz CT molecular complexity index is 447. The maximum Gasteiger partial charge on any atom is 0.303 e. The number of aliphatic carboxylic acids is 1. The number of aliphatic hydroxyl groups is 1. The Balaban J connectivity index is 2.85. The van der Waals surface area contributed by atoms with E-state index < -0.39 is 5.97 Å². The number of carboxylic acid groups (broad SMARTS) is 1. The van der Waals surface area contributed by atoms with E-state index in [1.807, 2.05) is 38.1 Å². The quantitative estimate of drug-likeness (QED) is 0.761. The van der Waals surface area contributed by atoms with E-state index >= 15 is 0 Å². The van der Waals surface area contributed by atoms with E-state index in [0.29, 0.717) is 6.42 Å². The molecule has 0 aliphatic rings. The molecule has 3 heteroatoms. The molecule has 1 aromatic carbocycles. The molecule has 1 rings (SSSR count). The van der Waals surface area contributed by atoms with Crippen molar-refractivity contribution in [2.75, 3.05) is 6.61 Å². The number of allylic oxidation sites excluding steroid dienone is 1. The molecule has 0 unspecified atom stereocenters. The van der Waals surface area contributed by atoms with Crippen LogP contribution < -0.4 is 0 Å². The van der Waals surface area contributed by atoms with Crippen LogP contribution >= 0.6 is 0 Å². The van der Waals surface area contributed by atoms with Crippen LogP contribution in [0.2, 0.25) is 0 Å². The lowest BCUT2D eigenvalue weighted by atomic mass is 9.96. The summed E-state index contributed by atoms with van der Waals surface area (Å²) in [7, 11) is 0. The molecule has 18 heavy (non-hydrogen) atoms. The molecule has 2 N–H and O–H groups in total. The van der Waals surface area contributed by atoms with E-state index in [-0.39, 0.29) is 13.0 Å². The number of benzene rings is 1. The number of hydrogen-bond donors (Lipinski definition) is 2. The molecule has 0 aromatic heterocycles. The van der Waals surface area contributed by atoms with Crippen molar-refractivity contribution >= 4 is 5.97 Å². The van der Waals surface area contributed by atoms with Gasteiger partial charge in [-0.3, -0.25) is 4.79 Å². The molecule has 0 aliphatic heterocycles. The summed E-state index contributed by atoms with van der Waals surface area (Å²) in [5.74, 6) is -0.774. The Kier molecular flexibility index (Phi) is 5.59. The van der Waals surface area contributed by atoms with E-state index in [1.54, 1.807) is 0 Å². The lowest BCUT2D eigenvalue weighted by molar-refractivity contribution is -0.136. The van der Waals surface area contributed by atoms with Gasteiger partial charge in [0.05, 0.1) is 6.61 Å². The van der Waals surface area contributed by atoms with Crippen molar-refractivity contribution in [3.8, 4) is 0 Å². The SMILES string of the molecule is CC(CO)=C(C)Cc1ccccc1CCC(=O)O. The normalized spacial score (nSPS) is 12.2. The highest BCUT2D eigenvalue weighted by Crippen LogP contribution is 2.17. The average Bonchev–Trinajstić information content (AvgIpc) is 2.36. The van der Waals surface area contributed by atoms with Gasteiger partial charge in [0, 0.05) is 6.42 Å². The monoisotopic (exact) mass is 248 g/mol. The van der Waals surface area contributed by atoms with Crippen molar-refractivity contribution in [1.82, 2.24) is 0 Å². The molecule has 0 heterocycles. The van der Waals surface area contributed by atoms with Crippen LogP contribution in [0.3, 0.4) is 0 Å². The zero-order chi connectivity index (χ0) is 13.5. The van der Waals surface area contributed by atoms with Gasteiger partial charge in [-0.15, -0.1) is 0 Å². The number of aryl methyl sites for hydroxylation is 1. The molecule has 0 spiro atoms. The fourth-order valence-corrected chi connectivity index (χ4v) is 1.79. The summed E-state index contributed by atoms with van der Waals surface area (Å²) in [6.45, 7) is 3.98. The van der Waals surface area contributed by atoms with Gasteiger partial charge in [0.1, 0.15) is 0 Å². The summed E-state index contributed by atoms with van der Waals surface area (Å²) in [5.41, 5.74) is 4.33. The predicted octanol–water partition coefficient (Wildman–Crippen LogP) is 2.58. The molecule has 3 nitrogen and oxygen atoms in total. The average molecular weight is 248 g/mol. The van der Waals surface area contributed by atoms with Gasteiger partial charge >= 0.3 is 5.97 Å². The van der Waals surface area contributed by atoms with Crippen molar-refractivity contribution < 1.29 is 15.0 Å². The Morgan fingerprint density at radius 2 is 1.72 bits per heavy atom. The number of aliphatic hydroxyl groups excluding tert-OH is 1. The minimum Gasteiger partial charge on any atom is -0.481 e. The second kappa shape index (κ2) is 6.97. The van der Waals surface area contributed by atoms with E-state index in [9.17, 15) is 4.79 Å². The Morgan fingerprint density at radius 1 is 1.11 bits per heavy atom. The molecule has 0 saturated carbocycles. The van der Waals surface area contributed by atoms with E-state index in [0.717, 1.165) is 28.7 Å². The molecule has 0 amide bonds. The zero-order valence-electron chi connectivity index (χ0n) is 10.9. The number of carboxylic acids is 1. The van der Waals surface area contributed by atoms with Crippen LogP contribution in [0.25, 0.3) is 0 Å². The van der Waals surface area contributed by atoms with Gasteiger partial charge in [-0.25, -0.2) is 0 Å². The Morgan fingerprint density at radius 3 is 2.28 bits per heavy atom. The first-order valence-electron chi connectivity index (χ1n) is 6.09. The Hall–Kier alpha value is -1.61. The third-order valence-electron chi connectivity index (χ3n) is 3.15. The van der Waals surface area contributed by atoms with E-state index in [4.69, 9.17) is 10.2 Å². The first kappa shape index (κ1) is 14.5. The van der Waals surface area contributed by atoms with Crippen LogP contribution in [0, 0.1) is 0 Å². The molecule has 0 bridgehead atoms. The van der Waals surface area contributed by atoms with Crippen molar-refractivity contribution in [2.45, 2.75) is 33.1 Å². The van der Waals surface area contributed by atoms with Gasteiger partial charge in [-0.05, 0) is 43.4 Å². The van der Waals surface area contributed by atoms with Crippen molar-refractivity contribution in [3.63, 3.8) is 0 Å². The van der Waals surface area contributed by atoms with Crippen LogP contribution in [0.1, 0.15) is 31.4 Å². The number of rotatable bonds is 6. The summed E-state index contributed by atoms with van der Waals surface area (Å²) in [4.78, 5) is 10.6. The van der Waals surface area contributed by atoms with E-state index in [1.165, 1.54) is 0 Å². The molecule has 0 radical (unpaired) electrons. The summed E-state index contributed by atoms with van der Waals surface area (Å²) in [6, 6.07) is 7.88. The van der Waals surface area contributed by atoms with Gasteiger partial charge in [-0.1, -0.05) is 29.8 Å². The molecule has 0 saturated heterocycles. The zero-order valence-corrected chi connectivity index (χ0v) is 10.9. The predicted molar refractivity (Wildman–Crippen MR) is 71.6 cm³/mol. The topological polar surface area (TPSA) is 57.5 Å². The smallest absolute Gasteiger partial charge is 0.303 e. The maximum atomic E-state index is 10.6. The standard InChI is InChI=1S/C15H20O3/c1-11(12(2)10-16)9-14-6-4-3-5-13(14)7-8-15(17)18/h3-6,16H,7-10H2,1-2H3,(H,17,18). The fraction of sp³-hybridized carbons (Fsp3) is 0.400. The molecule has 1 aromatic rings. The minimum atomic E-state index is -0.774. The molecule has 0 fully saturated rings. The largest absolute Gasteiger partial charge is 0.481 e. The van der Waals surface area contributed by atoms with Crippen molar-refractivity contribution in [2.24, 2.45) is 0 Å². The summed E-state index contributed by atoms with van der Waals surface area (Å²) >= 11 is 0. The first-order chi connectivity index (χ1) is 8.54. The molecular weight excluding hydrogens is 228 g/mol. The van der Waals surface area contributed by atoms with Crippen LogP contribution in [-0.4, -0.2) is 22.8 Å². The first-order valence-corrected chi connectivity index (χ1v) is 6.09. The third-order valence-corrected chi connectivity index (χ3v) is 3.15. The summed E-state index contributed by atoms with van der Waals surface area (Å²) in [5, 5.41) is 17.8. The molecular formula is C15H20O3. The number of hydrogen-bond acceptors (Lipinski definition) is 2. The lowest BCUT2D eigenvalue weighted by Gasteiger charge is -2.10. The highest BCUT2D eigenvalue weighted by molar-refractivity contribution is 5.67. The van der Waals surface area contributed by atoms with Gasteiger partial charge in [0.25, 0.3) is 0 Å². The van der Waals surface area contributed by atoms with Gasteiger partial charge in [-0.2, -0.15) is 0 Å². The highest BCUT2D eigenvalue weighted by atomic mass is 16.4. The van der Waals surface area contributed by atoms with Crippen molar-refractivity contribution in [3.05, 3.63) is 46.5 Å². The van der Waals surface area contributed by atoms with Gasteiger partial charge in [0.2, 0.25) is 0 Å². The summed E-state index contributed by atoms with van der Waals surface area (Å²) < 4.78 is 0. The van der Waals surface area contributed by atoms with Crippen molar-refractivity contribution in [1.29, 1.82) is 0 Å². The molecule has 0 aliphatic carbocycles. The second-order valence-corrected chi connectivity index (χ2v) is 4.56. The third kappa shape index (κ3) is 4.34. The fourth-order valence-electron chi connectivity index (χ4n) is 1.79. The molecule has 0 atom stereocenters. The summed E-state index contributed by atoms with van der Waals surface area (Å²) in [6.07, 6.45) is 1.47. The van der Waals surface area contributed by atoms with Crippen LogP contribution in [0.5, 0.6) is 0 Å². The van der Waals surface area contributed by atoms with Gasteiger partial charge < -0.3 is 10.2 Å². The second-order valence-electron chi connectivity index (χ2n) is 4.56. The minimum absolute atomic E-state index is 0.0725. The van der Waals surface area contributed by atoms with Crippen LogP contribution in [0.4, 0.5) is 0 Å². The lowest BCUT2D eigenvalue weighted by Crippen LogP contribution is -2.02.